The number of methoxy groups -OCH3 is 2. The van der Waals surface area contributed by atoms with Crippen LogP contribution in [0.15, 0.2) is 0 Å². The highest BCUT2D eigenvalue weighted by atomic mass is 16.7. The minimum absolute atomic E-state index is 0.158. The Morgan fingerprint density at radius 3 is 2.28 bits per heavy atom. The lowest BCUT2D eigenvalue weighted by Crippen LogP contribution is -2.45. The van der Waals surface area contributed by atoms with E-state index in [9.17, 15) is 0 Å². The zero-order chi connectivity index (χ0) is 13.5. The van der Waals surface area contributed by atoms with Crippen LogP contribution in [0.4, 0.5) is 0 Å². The Hall–Kier alpha value is -0.160. The third-order valence-corrected chi connectivity index (χ3v) is 3.86. The molecule has 4 nitrogen and oxygen atoms in total. The van der Waals surface area contributed by atoms with Crippen LogP contribution in [0, 0.1) is 0 Å². The van der Waals surface area contributed by atoms with Crippen molar-refractivity contribution >= 4 is 0 Å². The van der Waals surface area contributed by atoms with Gasteiger partial charge in [-0.2, -0.15) is 0 Å². The molecule has 4 heteroatoms. The first-order valence-electron chi connectivity index (χ1n) is 7.14. The molecule has 0 bridgehead atoms. The van der Waals surface area contributed by atoms with E-state index in [2.05, 4.69) is 31.0 Å². The molecule has 0 radical (unpaired) electrons. The number of likely N-dealkylation sites (tertiary alicyclic amines) is 1. The maximum Gasteiger partial charge on any atom is 0.171 e. The van der Waals surface area contributed by atoms with E-state index in [0.29, 0.717) is 12.1 Å². The second kappa shape index (κ2) is 8.10. The Labute approximate surface area is 112 Å². The Morgan fingerprint density at radius 2 is 1.72 bits per heavy atom. The zero-order valence-corrected chi connectivity index (χ0v) is 12.6. The van der Waals surface area contributed by atoms with E-state index in [1.165, 1.54) is 32.4 Å². The second-order valence-electron chi connectivity index (χ2n) is 5.55. The number of hydrogen-bond donors (Lipinski definition) is 1. The molecule has 1 aliphatic rings. The van der Waals surface area contributed by atoms with Crippen LogP contribution in [-0.4, -0.2) is 56.6 Å². The molecule has 0 aromatic carbocycles. The van der Waals surface area contributed by atoms with Crippen LogP contribution >= 0.6 is 0 Å². The van der Waals surface area contributed by atoms with Gasteiger partial charge in [-0.3, -0.25) is 0 Å². The minimum atomic E-state index is -0.158. The molecule has 0 amide bonds. The van der Waals surface area contributed by atoms with Gasteiger partial charge in [0.05, 0.1) is 6.04 Å². The Balaban J connectivity index is 2.39. The van der Waals surface area contributed by atoms with Gasteiger partial charge in [-0.25, -0.2) is 0 Å². The van der Waals surface area contributed by atoms with Crippen LogP contribution in [0.2, 0.25) is 0 Å². The van der Waals surface area contributed by atoms with Crippen molar-refractivity contribution in [3.63, 3.8) is 0 Å². The fourth-order valence-corrected chi connectivity index (χ4v) is 2.76. The maximum atomic E-state index is 5.30. The predicted octanol–water partition coefficient (Wildman–Crippen LogP) is 1.85. The molecule has 1 rings (SSSR count). The van der Waals surface area contributed by atoms with Gasteiger partial charge in [0.15, 0.2) is 6.29 Å². The summed E-state index contributed by atoms with van der Waals surface area (Å²) in [4.78, 5) is 2.57. The molecule has 2 atom stereocenters. The molecule has 1 fully saturated rings. The molecule has 1 aliphatic heterocycles. The first-order chi connectivity index (χ1) is 8.58. The first-order valence-corrected chi connectivity index (χ1v) is 7.14. The fraction of sp³-hybridized carbons (Fsp3) is 1.00. The van der Waals surface area contributed by atoms with Gasteiger partial charge in [0.1, 0.15) is 0 Å². The lowest BCUT2D eigenvalue weighted by molar-refractivity contribution is -0.121. The highest BCUT2D eigenvalue weighted by molar-refractivity contribution is 4.79. The van der Waals surface area contributed by atoms with Gasteiger partial charge in [0.25, 0.3) is 0 Å². The van der Waals surface area contributed by atoms with Gasteiger partial charge < -0.3 is 19.7 Å². The van der Waals surface area contributed by atoms with Crippen molar-refractivity contribution in [1.82, 2.24) is 10.2 Å². The topological polar surface area (TPSA) is 33.7 Å². The molecule has 18 heavy (non-hydrogen) atoms. The normalized spacial score (nSPS) is 24.5. The summed E-state index contributed by atoms with van der Waals surface area (Å²) >= 11 is 0. The third-order valence-electron chi connectivity index (χ3n) is 3.86. The van der Waals surface area contributed by atoms with Crippen molar-refractivity contribution < 1.29 is 9.47 Å². The molecule has 0 saturated carbocycles. The van der Waals surface area contributed by atoms with Gasteiger partial charge in [-0.05, 0) is 53.1 Å². The number of ether oxygens (including phenoxy) is 2. The standard InChI is InChI=1S/C14H30N2O2/c1-11(2)16-9-6-7-13(8-10-16)15-12(3)14(17-4)18-5/h11-15H,6-10H2,1-5H3. The van der Waals surface area contributed by atoms with Crippen LogP contribution in [0.25, 0.3) is 0 Å². The molecule has 2 unspecified atom stereocenters. The summed E-state index contributed by atoms with van der Waals surface area (Å²) in [5.74, 6) is 0. The summed E-state index contributed by atoms with van der Waals surface area (Å²) in [7, 11) is 3.39. The van der Waals surface area contributed by atoms with Crippen molar-refractivity contribution in [3.8, 4) is 0 Å². The van der Waals surface area contributed by atoms with E-state index in [1.807, 2.05) is 0 Å². The number of nitrogens with zero attached hydrogens (tertiary/aromatic N) is 1. The Bertz CT molecular complexity index is 220. The van der Waals surface area contributed by atoms with E-state index < -0.39 is 0 Å². The van der Waals surface area contributed by atoms with Crippen LogP contribution in [-0.2, 0) is 9.47 Å². The largest absolute Gasteiger partial charge is 0.354 e. The SMILES string of the molecule is COC(OC)C(C)NC1CCCN(C(C)C)CC1. The smallest absolute Gasteiger partial charge is 0.171 e. The molecule has 0 aromatic rings. The number of nitrogens with one attached hydrogen (secondary N) is 1. The monoisotopic (exact) mass is 258 g/mol. The van der Waals surface area contributed by atoms with Gasteiger partial charge >= 0.3 is 0 Å². The van der Waals surface area contributed by atoms with Crippen LogP contribution in [0.1, 0.15) is 40.0 Å². The molecule has 1 N–H and O–H groups in total. The van der Waals surface area contributed by atoms with Crippen molar-refractivity contribution in [2.75, 3.05) is 27.3 Å². The molecule has 0 aromatic heterocycles. The van der Waals surface area contributed by atoms with E-state index >= 15 is 0 Å². The highest BCUT2D eigenvalue weighted by Crippen LogP contribution is 2.14. The van der Waals surface area contributed by atoms with E-state index in [0.717, 1.165) is 0 Å². The zero-order valence-electron chi connectivity index (χ0n) is 12.6. The summed E-state index contributed by atoms with van der Waals surface area (Å²) < 4.78 is 10.6. The lowest BCUT2D eigenvalue weighted by Gasteiger charge is -2.27. The molecule has 1 saturated heterocycles. The van der Waals surface area contributed by atoms with E-state index in [-0.39, 0.29) is 12.3 Å². The molecule has 108 valence electrons. The highest BCUT2D eigenvalue weighted by Gasteiger charge is 2.23. The van der Waals surface area contributed by atoms with Crippen LogP contribution in [0.3, 0.4) is 0 Å². The third kappa shape index (κ3) is 4.84. The number of rotatable bonds is 6. The van der Waals surface area contributed by atoms with Gasteiger partial charge in [-0.15, -0.1) is 0 Å². The average molecular weight is 258 g/mol. The van der Waals surface area contributed by atoms with Crippen LogP contribution < -0.4 is 5.32 Å². The van der Waals surface area contributed by atoms with E-state index in [1.54, 1.807) is 14.2 Å². The van der Waals surface area contributed by atoms with Crippen molar-refractivity contribution in [2.24, 2.45) is 0 Å². The van der Waals surface area contributed by atoms with Gasteiger partial charge in [0.2, 0.25) is 0 Å². The molecular weight excluding hydrogens is 228 g/mol. The summed E-state index contributed by atoms with van der Waals surface area (Å²) in [5, 5.41) is 3.64. The second-order valence-corrected chi connectivity index (χ2v) is 5.55. The number of hydrogen-bond acceptors (Lipinski definition) is 4. The first kappa shape index (κ1) is 15.9. The minimum Gasteiger partial charge on any atom is -0.354 e. The molecule has 1 heterocycles. The van der Waals surface area contributed by atoms with E-state index in [4.69, 9.17) is 9.47 Å². The van der Waals surface area contributed by atoms with Crippen molar-refractivity contribution in [2.45, 2.75) is 64.4 Å². The maximum absolute atomic E-state index is 5.30. The average Bonchev–Trinajstić information content (AvgIpc) is 2.56. The Morgan fingerprint density at radius 1 is 1.06 bits per heavy atom. The predicted molar refractivity (Wildman–Crippen MR) is 74.8 cm³/mol. The molecule has 0 spiro atoms. The summed E-state index contributed by atoms with van der Waals surface area (Å²) in [6.07, 6.45) is 3.57. The van der Waals surface area contributed by atoms with Crippen LogP contribution in [0.5, 0.6) is 0 Å². The lowest BCUT2D eigenvalue weighted by atomic mass is 10.1. The van der Waals surface area contributed by atoms with Gasteiger partial charge in [0, 0.05) is 26.3 Å². The van der Waals surface area contributed by atoms with Crippen molar-refractivity contribution in [1.29, 1.82) is 0 Å². The molecule has 0 aliphatic carbocycles. The van der Waals surface area contributed by atoms with Crippen molar-refractivity contribution in [3.05, 3.63) is 0 Å². The quantitative estimate of drug-likeness (QED) is 0.737. The summed E-state index contributed by atoms with van der Waals surface area (Å²) in [6, 6.07) is 1.47. The molecular formula is C14H30N2O2. The fourth-order valence-electron chi connectivity index (χ4n) is 2.76. The van der Waals surface area contributed by atoms with Gasteiger partial charge in [-0.1, -0.05) is 0 Å². The summed E-state index contributed by atoms with van der Waals surface area (Å²) in [6.45, 7) is 9.10. The summed E-state index contributed by atoms with van der Waals surface area (Å²) in [5.41, 5.74) is 0. The Kier molecular flexibility index (Phi) is 7.15.